The summed E-state index contributed by atoms with van der Waals surface area (Å²) in [5, 5.41) is 0.603. The van der Waals surface area contributed by atoms with Crippen molar-refractivity contribution in [3.8, 4) is 0 Å². The molecular weight excluding hydrogens is 307 g/mol. The molecule has 5 nitrogen and oxygen atoms in total. The lowest BCUT2D eigenvalue weighted by Gasteiger charge is -2.36. The van der Waals surface area contributed by atoms with Gasteiger partial charge in [0.05, 0.1) is 10.9 Å². The molecule has 1 aliphatic heterocycles. The summed E-state index contributed by atoms with van der Waals surface area (Å²) in [6.45, 7) is 3.08. The van der Waals surface area contributed by atoms with E-state index in [9.17, 15) is 9.18 Å². The van der Waals surface area contributed by atoms with E-state index in [2.05, 4.69) is 19.8 Å². The molecule has 0 atom stereocenters. The van der Waals surface area contributed by atoms with Gasteiger partial charge in [-0.25, -0.2) is 9.37 Å². The van der Waals surface area contributed by atoms with Crippen molar-refractivity contribution in [1.82, 2.24) is 9.97 Å². The second-order valence-corrected chi connectivity index (χ2v) is 5.86. The molecule has 0 unspecified atom stereocenters. The van der Waals surface area contributed by atoms with Gasteiger partial charge in [-0.3, -0.25) is 9.78 Å². The Kier molecular flexibility index (Phi) is 3.65. The van der Waals surface area contributed by atoms with Crippen molar-refractivity contribution in [2.45, 2.75) is 0 Å². The number of aromatic nitrogens is 2. The molecule has 0 aliphatic carbocycles. The van der Waals surface area contributed by atoms with Crippen LogP contribution in [0.15, 0.2) is 53.3 Å². The molecule has 6 heteroatoms. The number of rotatable bonds is 2. The molecule has 0 saturated carbocycles. The molecule has 1 fully saturated rings. The predicted octanol–water partition coefficient (Wildman–Crippen LogP) is 2.39. The molecule has 2 aromatic carbocycles. The highest BCUT2D eigenvalue weighted by Gasteiger charge is 2.19. The monoisotopic (exact) mass is 324 g/mol. The van der Waals surface area contributed by atoms with Crippen molar-refractivity contribution in [2.24, 2.45) is 0 Å². The minimum absolute atomic E-state index is 0.114. The number of fused-ring (bicyclic) bond motifs is 1. The first kappa shape index (κ1) is 14.7. The number of anilines is 2. The lowest BCUT2D eigenvalue weighted by Crippen LogP contribution is -2.47. The number of hydrogen-bond donors (Lipinski definition) is 1. The van der Waals surface area contributed by atoms with Crippen LogP contribution in [0.25, 0.3) is 10.9 Å². The van der Waals surface area contributed by atoms with Gasteiger partial charge in [0.25, 0.3) is 5.56 Å². The molecule has 0 amide bonds. The fraction of sp³-hybridized carbons (Fsp3) is 0.222. The number of nitrogens with zero attached hydrogens (tertiary/aromatic N) is 3. The third-order valence-electron chi connectivity index (χ3n) is 4.37. The maximum absolute atomic E-state index is 13.0. The van der Waals surface area contributed by atoms with E-state index >= 15 is 0 Å². The van der Waals surface area contributed by atoms with Crippen LogP contribution in [0, 0.1) is 5.82 Å². The summed E-state index contributed by atoms with van der Waals surface area (Å²) in [5.41, 5.74) is 1.60. The van der Waals surface area contributed by atoms with Gasteiger partial charge in [0.2, 0.25) is 5.95 Å². The fourth-order valence-corrected chi connectivity index (χ4v) is 3.05. The molecule has 0 spiro atoms. The Morgan fingerprint density at radius 3 is 2.33 bits per heavy atom. The Morgan fingerprint density at radius 2 is 1.58 bits per heavy atom. The van der Waals surface area contributed by atoms with Gasteiger partial charge in [0.15, 0.2) is 0 Å². The van der Waals surface area contributed by atoms with Gasteiger partial charge >= 0.3 is 0 Å². The number of benzene rings is 2. The minimum Gasteiger partial charge on any atom is -0.368 e. The summed E-state index contributed by atoms with van der Waals surface area (Å²) in [6.07, 6.45) is 0. The zero-order chi connectivity index (χ0) is 16.5. The van der Waals surface area contributed by atoms with Crippen LogP contribution in [0.1, 0.15) is 0 Å². The SMILES string of the molecule is O=c1[nH]c(N2CCN(c3ccc(F)cc3)CC2)nc2ccccc12. The van der Waals surface area contributed by atoms with Gasteiger partial charge in [0, 0.05) is 31.9 Å². The van der Waals surface area contributed by atoms with Crippen molar-refractivity contribution in [2.75, 3.05) is 36.0 Å². The first-order valence-corrected chi connectivity index (χ1v) is 7.95. The normalized spacial score (nSPS) is 15.0. The number of aromatic amines is 1. The van der Waals surface area contributed by atoms with Gasteiger partial charge in [-0.05, 0) is 36.4 Å². The first-order chi connectivity index (χ1) is 11.7. The van der Waals surface area contributed by atoms with Gasteiger partial charge in [-0.2, -0.15) is 0 Å². The van der Waals surface area contributed by atoms with E-state index in [1.54, 1.807) is 18.2 Å². The number of nitrogens with one attached hydrogen (secondary N) is 1. The van der Waals surface area contributed by atoms with Crippen LogP contribution in [0.2, 0.25) is 0 Å². The predicted molar refractivity (Wildman–Crippen MR) is 93.2 cm³/mol. The topological polar surface area (TPSA) is 52.2 Å². The highest BCUT2D eigenvalue weighted by Crippen LogP contribution is 2.19. The Morgan fingerprint density at radius 1 is 0.917 bits per heavy atom. The zero-order valence-electron chi connectivity index (χ0n) is 13.1. The van der Waals surface area contributed by atoms with Crippen molar-refractivity contribution < 1.29 is 4.39 Å². The van der Waals surface area contributed by atoms with E-state index in [1.807, 2.05) is 18.2 Å². The van der Waals surface area contributed by atoms with Crippen molar-refractivity contribution >= 4 is 22.5 Å². The molecule has 1 aliphatic rings. The van der Waals surface area contributed by atoms with Crippen LogP contribution in [-0.4, -0.2) is 36.1 Å². The molecule has 4 rings (SSSR count). The highest BCUT2D eigenvalue weighted by atomic mass is 19.1. The van der Waals surface area contributed by atoms with Gasteiger partial charge in [-0.15, -0.1) is 0 Å². The van der Waals surface area contributed by atoms with E-state index < -0.39 is 0 Å². The number of piperazine rings is 1. The summed E-state index contributed by atoms with van der Waals surface area (Å²) >= 11 is 0. The summed E-state index contributed by atoms with van der Waals surface area (Å²) in [6, 6.07) is 13.9. The van der Waals surface area contributed by atoms with Gasteiger partial charge in [-0.1, -0.05) is 12.1 Å². The van der Waals surface area contributed by atoms with Crippen LogP contribution >= 0.6 is 0 Å². The third kappa shape index (κ3) is 2.71. The standard InChI is InChI=1S/C18H17FN4O/c19-13-5-7-14(8-6-13)22-9-11-23(12-10-22)18-20-16-4-2-1-3-15(16)17(24)21-18/h1-8H,9-12H2,(H,20,21,24). The van der Waals surface area contributed by atoms with E-state index in [-0.39, 0.29) is 11.4 Å². The summed E-state index contributed by atoms with van der Waals surface area (Å²) in [4.78, 5) is 23.9. The molecule has 0 bridgehead atoms. The van der Waals surface area contributed by atoms with Crippen molar-refractivity contribution in [3.05, 3.63) is 64.7 Å². The molecule has 122 valence electrons. The summed E-state index contributed by atoms with van der Waals surface area (Å²) < 4.78 is 13.0. The van der Waals surface area contributed by atoms with Crippen LogP contribution < -0.4 is 15.4 Å². The molecule has 2 heterocycles. The molecule has 1 N–H and O–H groups in total. The van der Waals surface area contributed by atoms with Crippen molar-refractivity contribution in [1.29, 1.82) is 0 Å². The molecule has 1 saturated heterocycles. The van der Waals surface area contributed by atoms with Crippen LogP contribution in [0.5, 0.6) is 0 Å². The molecule has 0 radical (unpaired) electrons. The van der Waals surface area contributed by atoms with E-state index in [0.717, 1.165) is 31.9 Å². The number of halogens is 1. The maximum atomic E-state index is 13.0. The highest BCUT2D eigenvalue weighted by molar-refractivity contribution is 5.78. The fourth-order valence-electron chi connectivity index (χ4n) is 3.05. The van der Waals surface area contributed by atoms with Crippen LogP contribution in [0.4, 0.5) is 16.0 Å². The van der Waals surface area contributed by atoms with Gasteiger partial charge in [0.1, 0.15) is 5.82 Å². The Labute approximate surface area is 138 Å². The minimum atomic E-state index is -0.227. The third-order valence-corrected chi connectivity index (χ3v) is 4.37. The average molecular weight is 324 g/mol. The second-order valence-electron chi connectivity index (χ2n) is 5.86. The Balaban J connectivity index is 1.53. The average Bonchev–Trinajstić information content (AvgIpc) is 2.62. The summed E-state index contributed by atoms with van der Waals surface area (Å²) in [5.74, 6) is 0.382. The maximum Gasteiger partial charge on any atom is 0.260 e. The van der Waals surface area contributed by atoms with Crippen LogP contribution in [0.3, 0.4) is 0 Å². The quantitative estimate of drug-likeness (QED) is 0.786. The number of para-hydroxylation sites is 1. The number of H-pyrrole nitrogens is 1. The second kappa shape index (κ2) is 5.96. The Hall–Kier alpha value is -2.89. The summed E-state index contributed by atoms with van der Waals surface area (Å²) in [7, 11) is 0. The van der Waals surface area contributed by atoms with E-state index in [0.29, 0.717) is 16.9 Å². The molecule has 24 heavy (non-hydrogen) atoms. The van der Waals surface area contributed by atoms with E-state index in [4.69, 9.17) is 0 Å². The first-order valence-electron chi connectivity index (χ1n) is 7.95. The van der Waals surface area contributed by atoms with Crippen molar-refractivity contribution in [3.63, 3.8) is 0 Å². The zero-order valence-corrected chi connectivity index (χ0v) is 13.1. The lowest BCUT2D eigenvalue weighted by molar-refractivity contribution is 0.623. The Bertz CT molecular complexity index is 914. The van der Waals surface area contributed by atoms with E-state index in [1.165, 1.54) is 12.1 Å². The molecular formula is C18H17FN4O. The smallest absolute Gasteiger partial charge is 0.260 e. The molecule has 1 aromatic heterocycles. The molecule has 3 aromatic rings. The lowest BCUT2D eigenvalue weighted by atomic mass is 10.2. The van der Waals surface area contributed by atoms with Gasteiger partial charge < -0.3 is 9.80 Å². The number of hydrogen-bond acceptors (Lipinski definition) is 4. The van der Waals surface area contributed by atoms with Crippen LogP contribution in [-0.2, 0) is 0 Å². The largest absolute Gasteiger partial charge is 0.368 e.